The van der Waals surface area contributed by atoms with E-state index >= 15 is 0 Å². The molecule has 0 heterocycles. The normalized spacial score (nSPS) is 12.6. The van der Waals surface area contributed by atoms with E-state index in [1.54, 1.807) is 0 Å². The summed E-state index contributed by atoms with van der Waals surface area (Å²) in [6.45, 7) is 2.09. The lowest BCUT2D eigenvalue weighted by Crippen LogP contribution is -2.20. The Hall–Kier alpha value is -1.06. The highest BCUT2D eigenvalue weighted by Gasteiger charge is 2.11. The Morgan fingerprint density at radius 1 is 1.40 bits per heavy atom. The van der Waals surface area contributed by atoms with Gasteiger partial charge in [-0.2, -0.15) is 0 Å². The molecule has 0 aromatic heterocycles. The molecule has 3 N–H and O–H groups in total. The molecule has 1 rings (SSSR count). The number of aliphatic hydroxyl groups is 1. The van der Waals surface area contributed by atoms with Gasteiger partial charge in [0.15, 0.2) is 0 Å². The monoisotopic (exact) mass is 208 g/mol. The maximum absolute atomic E-state index is 9.11. The van der Waals surface area contributed by atoms with Crippen LogP contribution in [0.3, 0.4) is 0 Å². The summed E-state index contributed by atoms with van der Waals surface area (Å²) in [5, 5.41) is 9.11. The second kappa shape index (κ2) is 5.14. The molecule has 1 aromatic rings. The van der Waals surface area contributed by atoms with Crippen molar-refractivity contribution in [2.24, 2.45) is 5.73 Å². The molecule has 0 radical (unpaired) electrons. The number of anilines is 1. The predicted molar refractivity (Wildman–Crippen MR) is 64.2 cm³/mol. The molecule has 3 nitrogen and oxygen atoms in total. The van der Waals surface area contributed by atoms with E-state index in [-0.39, 0.29) is 12.6 Å². The van der Waals surface area contributed by atoms with E-state index in [0.29, 0.717) is 0 Å². The first kappa shape index (κ1) is 12.0. The smallest absolute Gasteiger partial charge is 0.0625 e. The fraction of sp³-hybridized carbons (Fsp3) is 0.500. The second-order valence-electron chi connectivity index (χ2n) is 3.93. The van der Waals surface area contributed by atoms with E-state index in [4.69, 9.17) is 10.8 Å². The number of rotatable bonds is 4. The number of aryl methyl sites for hydroxylation is 1. The van der Waals surface area contributed by atoms with Crippen molar-refractivity contribution < 1.29 is 5.11 Å². The van der Waals surface area contributed by atoms with Crippen LogP contribution >= 0.6 is 0 Å². The van der Waals surface area contributed by atoms with Crippen LogP contribution in [-0.2, 0) is 6.42 Å². The molecule has 0 aliphatic heterocycles. The summed E-state index contributed by atoms with van der Waals surface area (Å²) < 4.78 is 0. The molecule has 3 heteroatoms. The van der Waals surface area contributed by atoms with Crippen LogP contribution < -0.4 is 10.6 Å². The van der Waals surface area contributed by atoms with Crippen LogP contribution in [0.2, 0.25) is 0 Å². The third-order valence-electron chi connectivity index (χ3n) is 2.58. The zero-order valence-electron chi connectivity index (χ0n) is 9.70. The van der Waals surface area contributed by atoms with Crippen LogP contribution in [0.25, 0.3) is 0 Å². The SMILES string of the molecule is CCc1ccc(N(C)C)c(C(N)CO)c1. The van der Waals surface area contributed by atoms with Gasteiger partial charge in [0, 0.05) is 19.8 Å². The molecule has 1 unspecified atom stereocenters. The lowest BCUT2D eigenvalue weighted by molar-refractivity contribution is 0.268. The lowest BCUT2D eigenvalue weighted by Gasteiger charge is -2.21. The summed E-state index contributed by atoms with van der Waals surface area (Å²) in [5.74, 6) is 0. The third kappa shape index (κ3) is 2.70. The molecule has 0 amide bonds. The maximum Gasteiger partial charge on any atom is 0.0625 e. The summed E-state index contributed by atoms with van der Waals surface area (Å²) in [5.41, 5.74) is 9.22. The van der Waals surface area contributed by atoms with Gasteiger partial charge in [-0.15, -0.1) is 0 Å². The van der Waals surface area contributed by atoms with Crippen molar-refractivity contribution in [2.75, 3.05) is 25.6 Å². The molecule has 1 aromatic carbocycles. The van der Waals surface area contributed by atoms with E-state index in [2.05, 4.69) is 25.1 Å². The zero-order chi connectivity index (χ0) is 11.4. The molecule has 0 fully saturated rings. The van der Waals surface area contributed by atoms with Crippen LogP contribution in [0, 0.1) is 0 Å². The lowest BCUT2D eigenvalue weighted by atomic mass is 10.0. The molecular formula is C12H20N2O. The average Bonchev–Trinajstić information content (AvgIpc) is 2.26. The van der Waals surface area contributed by atoms with Gasteiger partial charge in [-0.25, -0.2) is 0 Å². The topological polar surface area (TPSA) is 49.5 Å². The van der Waals surface area contributed by atoms with Gasteiger partial charge >= 0.3 is 0 Å². The van der Waals surface area contributed by atoms with Gasteiger partial charge in [0.25, 0.3) is 0 Å². The molecule has 0 saturated heterocycles. The van der Waals surface area contributed by atoms with E-state index in [1.807, 2.05) is 19.0 Å². The Morgan fingerprint density at radius 2 is 2.07 bits per heavy atom. The van der Waals surface area contributed by atoms with Gasteiger partial charge in [-0.3, -0.25) is 0 Å². The van der Waals surface area contributed by atoms with Crippen molar-refractivity contribution in [1.82, 2.24) is 0 Å². The van der Waals surface area contributed by atoms with Crippen molar-refractivity contribution >= 4 is 5.69 Å². The molecule has 1 atom stereocenters. The molecule has 84 valence electrons. The Labute approximate surface area is 91.5 Å². The molecule has 0 aliphatic carbocycles. The van der Waals surface area contributed by atoms with Gasteiger partial charge in [0.1, 0.15) is 0 Å². The summed E-state index contributed by atoms with van der Waals surface area (Å²) in [7, 11) is 3.96. The zero-order valence-corrected chi connectivity index (χ0v) is 9.70. The van der Waals surface area contributed by atoms with E-state index in [1.165, 1.54) is 5.56 Å². The maximum atomic E-state index is 9.11. The second-order valence-corrected chi connectivity index (χ2v) is 3.93. The number of benzene rings is 1. The summed E-state index contributed by atoms with van der Waals surface area (Å²) >= 11 is 0. The van der Waals surface area contributed by atoms with Gasteiger partial charge < -0.3 is 15.7 Å². The first-order valence-corrected chi connectivity index (χ1v) is 5.26. The van der Waals surface area contributed by atoms with Gasteiger partial charge in [-0.05, 0) is 23.6 Å². The molecule has 0 aliphatic rings. The summed E-state index contributed by atoms with van der Waals surface area (Å²) in [4.78, 5) is 2.02. The number of aliphatic hydroxyl groups excluding tert-OH is 1. The quantitative estimate of drug-likeness (QED) is 0.784. The molecule has 0 spiro atoms. The first-order chi connectivity index (χ1) is 7.10. The summed E-state index contributed by atoms with van der Waals surface area (Å²) in [6, 6.07) is 5.94. The highest BCUT2D eigenvalue weighted by atomic mass is 16.3. The Kier molecular flexibility index (Phi) is 4.12. The van der Waals surface area contributed by atoms with Gasteiger partial charge in [-0.1, -0.05) is 19.1 Å². The summed E-state index contributed by atoms with van der Waals surface area (Å²) in [6.07, 6.45) is 0.985. The Bertz CT molecular complexity index is 323. The predicted octanol–water partition coefficient (Wildman–Crippen LogP) is 1.31. The fourth-order valence-corrected chi connectivity index (χ4v) is 1.63. The third-order valence-corrected chi connectivity index (χ3v) is 2.58. The van der Waals surface area contributed by atoms with E-state index in [9.17, 15) is 0 Å². The number of hydrogen-bond donors (Lipinski definition) is 2. The highest BCUT2D eigenvalue weighted by molar-refractivity contribution is 5.55. The molecule has 0 bridgehead atoms. The highest BCUT2D eigenvalue weighted by Crippen LogP contribution is 2.25. The van der Waals surface area contributed by atoms with Crippen molar-refractivity contribution in [2.45, 2.75) is 19.4 Å². The number of nitrogens with zero attached hydrogens (tertiary/aromatic N) is 1. The molecule has 15 heavy (non-hydrogen) atoms. The minimum Gasteiger partial charge on any atom is -0.394 e. The van der Waals surface area contributed by atoms with Crippen molar-refractivity contribution in [3.05, 3.63) is 29.3 Å². The van der Waals surface area contributed by atoms with Crippen LogP contribution in [0.5, 0.6) is 0 Å². The van der Waals surface area contributed by atoms with Gasteiger partial charge in [0.05, 0.1) is 12.6 Å². The van der Waals surface area contributed by atoms with Crippen molar-refractivity contribution in [1.29, 1.82) is 0 Å². The van der Waals surface area contributed by atoms with E-state index in [0.717, 1.165) is 17.7 Å². The minimum absolute atomic E-state index is 0.0198. The largest absolute Gasteiger partial charge is 0.394 e. The molecule has 0 saturated carbocycles. The Morgan fingerprint density at radius 3 is 2.53 bits per heavy atom. The van der Waals surface area contributed by atoms with Crippen molar-refractivity contribution in [3.63, 3.8) is 0 Å². The van der Waals surface area contributed by atoms with Crippen LogP contribution in [-0.4, -0.2) is 25.8 Å². The first-order valence-electron chi connectivity index (χ1n) is 5.26. The molecular weight excluding hydrogens is 188 g/mol. The minimum atomic E-state index is -0.297. The van der Waals surface area contributed by atoms with Crippen LogP contribution in [0.1, 0.15) is 24.1 Å². The van der Waals surface area contributed by atoms with Crippen molar-refractivity contribution in [3.8, 4) is 0 Å². The van der Waals surface area contributed by atoms with Crippen LogP contribution in [0.15, 0.2) is 18.2 Å². The fourth-order valence-electron chi connectivity index (χ4n) is 1.63. The van der Waals surface area contributed by atoms with Gasteiger partial charge in [0.2, 0.25) is 0 Å². The Balaban J connectivity index is 3.16. The standard InChI is InChI=1S/C12H20N2O/c1-4-9-5-6-12(14(2)3)10(7-9)11(13)8-15/h5-7,11,15H,4,8,13H2,1-3H3. The average molecular weight is 208 g/mol. The van der Waals surface area contributed by atoms with E-state index < -0.39 is 0 Å². The number of hydrogen-bond acceptors (Lipinski definition) is 3. The van der Waals surface area contributed by atoms with Crippen LogP contribution in [0.4, 0.5) is 5.69 Å². The number of nitrogens with two attached hydrogens (primary N) is 1.